The number of amides is 2. The predicted octanol–water partition coefficient (Wildman–Crippen LogP) is 7.43. The van der Waals surface area contributed by atoms with Crippen LogP contribution in [-0.4, -0.2) is 34.2 Å². The molecule has 2 amide bonds. The number of anilines is 1. The van der Waals surface area contributed by atoms with Crippen LogP contribution in [0.3, 0.4) is 0 Å². The minimum Gasteiger partial charge on any atom is -0.342 e. The van der Waals surface area contributed by atoms with E-state index in [1.165, 1.54) is 76.2 Å². The van der Waals surface area contributed by atoms with Gasteiger partial charge in [0.2, 0.25) is 11.8 Å². The van der Waals surface area contributed by atoms with E-state index in [0.29, 0.717) is 12.1 Å². The fourth-order valence-electron chi connectivity index (χ4n) is 4.49. The molecule has 8 nitrogen and oxygen atoms in total. The molecule has 0 aliphatic heterocycles. The highest BCUT2D eigenvalue weighted by atomic mass is 31.2. The van der Waals surface area contributed by atoms with Gasteiger partial charge in [-0.2, -0.15) is 0 Å². The highest BCUT2D eigenvalue weighted by molar-refractivity contribution is 7.46. The molecule has 39 heavy (non-hydrogen) atoms. The fraction of sp³-hybridized carbons (Fsp3) is 0.733. The monoisotopic (exact) mass is 568 g/mol. The molecule has 0 bridgehead atoms. The Bertz CT molecular complexity index is 827. The SMILES string of the molecule is CCCCCCCCCCC(=O)N[C@H](COP(=O)(O)O)C(=O)Nc1ccc(CCCCCCCCCC)cc1. The third kappa shape index (κ3) is 19.9. The number of rotatable bonds is 24. The molecular formula is C30H53N2O6P. The molecule has 0 heterocycles. The second-order valence-corrected chi connectivity index (χ2v) is 11.8. The molecule has 1 aromatic rings. The lowest BCUT2D eigenvalue weighted by molar-refractivity contribution is -0.127. The van der Waals surface area contributed by atoms with Crippen LogP contribution in [0.15, 0.2) is 24.3 Å². The Morgan fingerprint density at radius 3 is 1.77 bits per heavy atom. The van der Waals surface area contributed by atoms with Gasteiger partial charge in [0.25, 0.3) is 0 Å². The first-order chi connectivity index (χ1) is 18.7. The summed E-state index contributed by atoms with van der Waals surface area (Å²) in [5.41, 5.74) is 1.75. The van der Waals surface area contributed by atoms with Gasteiger partial charge in [-0.1, -0.05) is 116 Å². The molecule has 0 radical (unpaired) electrons. The van der Waals surface area contributed by atoms with E-state index < -0.39 is 26.4 Å². The largest absolute Gasteiger partial charge is 0.469 e. The van der Waals surface area contributed by atoms with Crippen LogP contribution in [0.2, 0.25) is 0 Å². The van der Waals surface area contributed by atoms with Gasteiger partial charge in [-0.25, -0.2) is 4.57 Å². The summed E-state index contributed by atoms with van der Waals surface area (Å²) in [4.78, 5) is 43.4. The zero-order valence-corrected chi connectivity index (χ0v) is 25.2. The maximum Gasteiger partial charge on any atom is 0.469 e. The molecule has 0 spiro atoms. The first-order valence-corrected chi connectivity index (χ1v) is 16.7. The summed E-state index contributed by atoms with van der Waals surface area (Å²) < 4.78 is 15.7. The van der Waals surface area contributed by atoms with Gasteiger partial charge >= 0.3 is 7.82 Å². The third-order valence-electron chi connectivity index (χ3n) is 6.86. The predicted molar refractivity (Wildman–Crippen MR) is 159 cm³/mol. The van der Waals surface area contributed by atoms with Crippen molar-refractivity contribution in [1.82, 2.24) is 5.32 Å². The summed E-state index contributed by atoms with van der Waals surface area (Å²) in [5.74, 6) is -0.917. The summed E-state index contributed by atoms with van der Waals surface area (Å²) in [6.07, 6.45) is 20.2. The lowest BCUT2D eigenvalue weighted by atomic mass is 10.0. The van der Waals surface area contributed by atoms with E-state index in [4.69, 9.17) is 9.79 Å². The van der Waals surface area contributed by atoms with Crippen molar-refractivity contribution in [2.75, 3.05) is 11.9 Å². The topological polar surface area (TPSA) is 125 Å². The van der Waals surface area contributed by atoms with Crippen molar-refractivity contribution in [3.8, 4) is 0 Å². The fourth-order valence-corrected chi connectivity index (χ4v) is 4.83. The molecule has 0 aromatic heterocycles. The third-order valence-corrected chi connectivity index (χ3v) is 7.34. The second-order valence-electron chi connectivity index (χ2n) is 10.5. The Balaban J connectivity index is 2.46. The summed E-state index contributed by atoms with van der Waals surface area (Å²) >= 11 is 0. The van der Waals surface area contributed by atoms with Crippen molar-refractivity contribution >= 4 is 25.3 Å². The molecule has 0 unspecified atom stereocenters. The van der Waals surface area contributed by atoms with E-state index >= 15 is 0 Å². The van der Waals surface area contributed by atoms with Gasteiger partial charge in [-0.3, -0.25) is 14.1 Å². The van der Waals surface area contributed by atoms with Crippen molar-refractivity contribution in [2.45, 2.75) is 135 Å². The number of unbranched alkanes of at least 4 members (excludes halogenated alkanes) is 14. The lowest BCUT2D eigenvalue weighted by Crippen LogP contribution is -2.46. The van der Waals surface area contributed by atoms with Crippen LogP contribution in [0.1, 0.15) is 129 Å². The first kappa shape index (κ1) is 35.3. The van der Waals surface area contributed by atoms with Gasteiger partial charge in [0.15, 0.2) is 0 Å². The highest BCUT2D eigenvalue weighted by Gasteiger charge is 2.25. The van der Waals surface area contributed by atoms with E-state index in [0.717, 1.165) is 32.1 Å². The molecular weight excluding hydrogens is 515 g/mol. The highest BCUT2D eigenvalue weighted by Crippen LogP contribution is 2.35. The maximum absolute atomic E-state index is 12.8. The van der Waals surface area contributed by atoms with Crippen LogP contribution in [0.4, 0.5) is 5.69 Å². The Morgan fingerprint density at radius 2 is 1.26 bits per heavy atom. The number of aryl methyl sites for hydroxylation is 1. The van der Waals surface area contributed by atoms with E-state index in [-0.39, 0.29) is 12.3 Å². The Labute approximate surface area is 236 Å². The van der Waals surface area contributed by atoms with Gasteiger partial charge in [-0.15, -0.1) is 0 Å². The van der Waals surface area contributed by atoms with Crippen LogP contribution >= 0.6 is 7.82 Å². The molecule has 4 N–H and O–H groups in total. The van der Waals surface area contributed by atoms with Gasteiger partial charge < -0.3 is 20.4 Å². The Kier molecular flexibility index (Phi) is 19.9. The molecule has 1 atom stereocenters. The number of benzene rings is 1. The molecule has 0 saturated carbocycles. The normalized spacial score (nSPS) is 12.3. The summed E-state index contributed by atoms with van der Waals surface area (Å²) in [7, 11) is -4.79. The van der Waals surface area contributed by atoms with Gasteiger partial charge in [0.1, 0.15) is 6.04 Å². The van der Waals surface area contributed by atoms with Crippen LogP contribution in [-0.2, 0) is 25.1 Å². The minimum absolute atomic E-state index is 0.252. The number of phosphoric ester groups is 1. The molecule has 0 saturated heterocycles. The number of hydrogen-bond donors (Lipinski definition) is 4. The van der Waals surface area contributed by atoms with Crippen LogP contribution in [0.25, 0.3) is 0 Å². The van der Waals surface area contributed by atoms with Gasteiger partial charge in [-0.05, 0) is 37.0 Å². The van der Waals surface area contributed by atoms with E-state index in [9.17, 15) is 14.2 Å². The standard InChI is InChI=1S/C30H53N2O6P/c1-3-5-7-9-11-13-15-17-19-26-21-23-27(24-22-26)31-30(34)28(25-38-39(35,36)37)32-29(33)20-18-16-14-12-10-8-6-4-2/h21-24,28H,3-20,25H2,1-2H3,(H,31,34)(H,32,33)(H2,35,36,37)/t28-/m1/s1. The quantitative estimate of drug-likeness (QED) is 0.0759. The summed E-state index contributed by atoms with van der Waals surface area (Å²) in [5, 5.41) is 5.30. The first-order valence-electron chi connectivity index (χ1n) is 15.1. The minimum atomic E-state index is -4.79. The van der Waals surface area contributed by atoms with Crippen molar-refractivity contribution in [2.24, 2.45) is 0 Å². The molecule has 1 rings (SSSR count). The number of nitrogens with one attached hydrogen (secondary N) is 2. The molecule has 9 heteroatoms. The molecule has 1 aromatic carbocycles. The zero-order chi connectivity index (χ0) is 28.8. The van der Waals surface area contributed by atoms with Crippen molar-refractivity contribution in [3.63, 3.8) is 0 Å². The number of hydrogen-bond acceptors (Lipinski definition) is 4. The number of carbonyl (C=O) groups is 2. The van der Waals surface area contributed by atoms with Crippen LogP contribution < -0.4 is 10.6 Å². The molecule has 224 valence electrons. The number of phosphoric acid groups is 1. The van der Waals surface area contributed by atoms with Crippen molar-refractivity contribution < 1.29 is 28.5 Å². The van der Waals surface area contributed by atoms with Crippen LogP contribution in [0, 0.1) is 0 Å². The Hall–Kier alpha value is -1.73. The molecule has 0 fully saturated rings. The van der Waals surface area contributed by atoms with Gasteiger partial charge in [0.05, 0.1) is 6.61 Å². The lowest BCUT2D eigenvalue weighted by Gasteiger charge is -2.19. The second kappa shape index (κ2) is 22.0. The maximum atomic E-state index is 12.8. The smallest absolute Gasteiger partial charge is 0.342 e. The molecule has 0 aliphatic carbocycles. The van der Waals surface area contributed by atoms with E-state index in [1.807, 2.05) is 12.1 Å². The van der Waals surface area contributed by atoms with Crippen LogP contribution in [0.5, 0.6) is 0 Å². The van der Waals surface area contributed by atoms with E-state index in [2.05, 4.69) is 29.0 Å². The van der Waals surface area contributed by atoms with Crippen molar-refractivity contribution in [3.05, 3.63) is 29.8 Å². The average molecular weight is 569 g/mol. The Morgan fingerprint density at radius 1 is 0.769 bits per heavy atom. The van der Waals surface area contributed by atoms with Crippen molar-refractivity contribution in [1.29, 1.82) is 0 Å². The van der Waals surface area contributed by atoms with Gasteiger partial charge in [0, 0.05) is 12.1 Å². The zero-order valence-electron chi connectivity index (χ0n) is 24.3. The average Bonchev–Trinajstić information content (AvgIpc) is 2.90. The number of carbonyl (C=O) groups excluding carboxylic acids is 2. The molecule has 0 aliphatic rings. The summed E-state index contributed by atoms with van der Waals surface area (Å²) in [6, 6.07) is 6.34. The van der Waals surface area contributed by atoms with E-state index in [1.54, 1.807) is 12.1 Å². The summed E-state index contributed by atoms with van der Waals surface area (Å²) in [6.45, 7) is 3.80.